The number of thioether (sulfide) groups is 1. The van der Waals surface area contributed by atoms with E-state index in [0.29, 0.717) is 5.56 Å². The van der Waals surface area contributed by atoms with Crippen LogP contribution in [0, 0.1) is 6.92 Å². The van der Waals surface area contributed by atoms with Crippen molar-refractivity contribution in [3.8, 4) is 5.75 Å². The molecular formula is C18H19NO2S. The van der Waals surface area contributed by atoms with Crippen molar-refractivity contribution < 1.29 is 9.53 Å². The van der Waals surface area contributed by atoms with Crippen molar-refractivity contribution in [2.45, 2.75) is 24.3 Å². The van der Waals surface area contributed by atoms with Gasteiger partial charge in [-0.15, -0.1) is 11.8 Å². The second-order valence-electron chi connectivity index (χ2n) is 5.39. The van der Waals surface area contributed by atoms with Gasteiger partial charge in [0, 0.05) is 16.2 Å². The van der Waals surface area contributed by atoms with Crippen molar-refractivity contribution in [3.05, 3.63) is 59.2 Å². The molecule has 0 aromatic heterocycles. The van der Waals surface area contributed by atoms with Crippen molar-refractivity contribution in [2.24, 2.45) is 0 Å². The van der Waals surface area contributed by atoms with Gasteiger partial charge in [-0.05, 0) is 42.7 Å². The number of benzene rings is 2. The molecule has 2 aromatic rings. The number of fused-ring (bicyclic) bond motifs is 1. The monoisotopic (exact) mass is 313 g/mol. The van der Waals surface area contributed by atoms with Gasteiger partial charge < -0.3 is 10.1 Å². The first-order valence-electron chi connectivity index (χ1n) is 7.36. The van der Waals surface area contributed by atoms with Crippen LogP contribution in [0.15, 0.2) is 47.4 Å². The van der Waals surface area contributed by atoms with Gasteiger partial charge in [0.1, 0.15) is 5.75 Å². The summed E-state index contributed by atoms with van der Waals surface area (Å²) >= 11 is 1.85. The molecule has 3 nitrogen and oxygen atoms in total. The van der Waals surface area contributed by atoms with E-state index >= 15 is 0 Å². The quantitative estimate of drug-likeness (QED) is 0.932. The van der Waals surface area contributed by atoms with E-state index in [4.69, 9.17) is 4.74 Å². The SMILES string of the molecule is COc1cc(C(=O)N[C@H]2CCSc3ccccc32)ccc1C. The number of carbonyl (C=O) groups excluding carboxylic acids is 1. The fourth-order valence-electron chi connectivity index (χ4n) is 2.69. The highest BCUT2D eigenvalue weighted by Gasteiger charge is 2.22. The van der Waals surface area contributed by atoms with Gasteiger partial charge in [-0.25, -0.2) is 0 Å². The molecule has 22 heavy (non-hydrogen) atoms. The first-order chi connectivity index (χ1) is 10.7. The predicted molar refractivity (Wildman–Crippen MR) is 89.7 cm³/mol. The first-order valence-corrected chi connectivity index (χ1v) is 8.35. The minimum atomic E-state index is -0.0509. The van der Waals surface area contributed by atoms with Gasteiger partial charge in [-0.3, -0.25) is 4.79 Å². The molecule has 1 aliphatic rings. The van der Waals surface area contributed by atoms with E-state index in [-0.39, 0.29) is 11.9 Å². The van der Waals surface area contributed by atoms with Crippen molar-refractivity contribution in [3.63, 3.8) is 0 Å². The maximum Gasteiger partial charge on any atom is 0.251 e. The van der Waals surface area contributed by atoms with Crippen LogP contribution in [-0.2, 0) is 0 Å². The zero-order valence-electron chi connectivity index (χ0n) is 12.8. The number of ether oxygens (including phenoxy) is 1. The van der Waals surface area contributed by atoms with E-state index in [0.717, 1.165) is 23.5 Å². The molecule has 3 rings (SSSR count). The molecule has 0 saturated carbocycles. The van der Waals surface area contributed by atoms with Crippen molar-refractivity contribution in [2.75, 3.05) is 12.9 Å². The number of rotatable bonds is 3. The second-order valence-corrected chi connectivity index (χ2v) is 6.52. The normalized spacial score (nSPS) is 16.7. The molecule has 114 valence electrons. The maximum atomic E-state index is 12.5. The predicted octanol–water partition coefficient (Wildman–Crippen LogP) is 3.97. The number of amides is 1. The van der Waals surface area contributed by atoms with Crippen LogP contribution in [0.25, 0.3) is 0 Å². The van der Waals surface area contributed by atoms with E-state index in [9.17, 15) is 4.79 Å². The van der Waals surface area contributed by atoms with Gasteiger partial charge >= 0.3 is 0 Å². The Morgan fingerprint density at radius 3 is 2.91 bits per heavy atom. The zero-order valence-corrected chi connectivity index (χ0v) is 13.6. The second kappa shape index (κ2) is 6.44. The lowest BCUT2D eigenvalue weighted by molar-refractivity contribution is 0.0934. The molecule has 0 spiro atoms. The van der Waals surface area contributed by atoms with Crippen LogP contribution in [0.5, 0.6) is 5.75 Å². The third-order valence-electron chi connectivity index (χ3n) is 3.93. The van der Waals surface area contributed by atoms with Gasteiger partial charge in [0.15, 0.2) is 0 Å². The molecule has 0 saturated heterocycles. The molecule has 2 aromatic carbocycles. The van der Waals surface area contributed by atoms with Crippen LogP contribution in [0.1, 0.15) is 33.9 Å². The van der Waals surface area contributed by atoms with Gasteiger partial charge in [-0.1, -0.05) is 24.3 Å². The number of methoxy groups -OCH3 is 1. The van der Waals surface area contributed by atoms with E-state index in [1.165, 1.54) is 10.5 Å². The summed E-state index contributed by atoms with van der Waals surface area (Å²) in [6.07, 6.45) is 0.955. The van der Waals surface area contributed by atoms with Crippen LogP contribution in [0.3, 0.4) is 0 Å². The minimum absolute atomic E-state index is 0.0509. The maximum absolute atomic E-state index is 12.5. The van der Waals surface area contributed by atoms with Gasteiger partial charge in [0.25, 0.3) is 5.91 Å². The van der Waals surface area contributed by atoms with E-state index in [1.807, 2.05) is 43.0 Å². The summed E-state index contributed by atoms with van der Waals surface area (Å²) in [5, 5.41) is 3.15. The average Bonchev–Trinajstić information content (AvgIpc) is 2.55. The number of hydrogen-bond donors (Lipinski definition) is 1. The molecule has 4 heteroatoms. The standard InChI is InChI=1S/C18H19NO2S/c1-12-7-8-13(11-16(12)21-2)18(20)19-15-9-10-22-17-6-4-3-5-14(15)17/h3-8,11,15H,9-10H2,1-2H3,(H,19,20)/t15-/m0/s1. The summed E-state index contributed by atoms with van der Waals surface area (Å²) < 4.78 is 5.30. The lowest BCUT2D eigenvalue weighted by atomic mass is 10.0. The minimum Gasteiger partial charge on any atom is -0.496 e. The zero-order chi connectivity index (χ0) is 15.5. The highest BCUT2D eigenvalue weighted by atomic mass is 32.2. The van der Waals surface area contributed by atoms with Gasteiger partial charge in [0.2, 0.25) is 0 Å². The number of nitrogens with one attached hydrogen (secondary N) is 1. The largest absolute Gasteiger partial charge is 0.496 e. The first kappa shape index (κ1) is 15.0. The van der Waals surface area contributed by atoms with Gasteiger partial charge in [-0.2, -0.15) is 0 Å². The number of carbonyl (C=O) groups is 1. The molecule has 1 aliphatic heterocycles. The summed E-state index contributed by atoms with van der Waals surface area (Å²) in [7, 11) is 1.62. The summed E-state index contributed by atoms with van der Waals surface area (Å²) in [5.41, 5.74) is 2.88. The topological polar surface area (TPSA) is 38.3 Å². The van der Waals surface area contributed by atoms with E-state index in [1.54, 1.807) is 13.2 Å². The molecule has 0 bridgehead atoms. The van der Waals surface area contributed by atoms with Crippen LogP contribution in [0.4, 0.5) is 0 Å². The lowest BCUT2D eigenvalue weighted by Gasteiger charge is -2.26. The van der Waals surface area contributed by atoms with Crippen LogP contribution >= 0.6 is 11.8 Å². The Hall–Kier alpha value is -1.94. The molecule has 0 radical (unpaired) electrons. The Morgan fingerprint density at radius 2 is 2.09 bits per heavy atom. The summed E-state index contributed by atoms with van der Waals surface area (Å²) in [4.78, 5) is 13.8. The Labute approximate surface area is 135 Å². The van der Waals surface area contributed by atoms with Crippen molar-refractivity contribution in [1.82, 2.24) is 5.32 Å². The Balaban J connectivity index is 1.81. The Morgan fingerprint density at radius 1 is 1.27 bits per heavy atom. The highest BCUT2D eigenvalue weighted by molar-refractivity contribution is 7.99. The van der Waals surface area contributed by atoms with Gasteiger partial charge in [0.05, 0.1) is 13.2 Å². The fraction of sp³-hybridized carbons (Fsp3) is 0.278. The van der Waals surface area contributed by atoms with Crippen molar-refractivity contribution >= 4 is 17.7 Å². The van der Waals surface area contributed by atoms with Crippen LogP contribution < -0.4 is 10.1 Å². The van der Waals surface area contributed by atoms with E-state index < -0.39 is 0 Å². The highest BCUT2D eigenvalue weighted by Crippen LogP contribution is 2.36. The summed E-state index contributed by atoms with van der Waals surface area (Å²) in [5.74, 6) is 1.72. The molecular weight excluding hydrogens is 294 g/mol. The van der Waals surface area contributed by atoms with Crippen molar-refractivity contribution in [1.29, 1.82) is 0 Å². The lowest BCUT2D eigenvalue weighted by Crippen LogP contribution is -2.30. The number of aryl methyl sites for hydroxylation is 1. The molecule has 1 atom stereocenters. The molecule has 1 heterocycles. The summed E-state index contributed by atoms with van der Waals surface area (Å²) in [6, 6.07) is 13.9. The average molecular weight is 313 g/mol. The number of hydrogen-bond acceptors (Lipinski definition) is 3. The third-order valence-corrected chi connectivity index (χ3v) is 5.06. The molecule has 0 unspecified atom stereocenters. The molecule has 1 amide bonds. The third kappa shape index (κ3) is 2.97. The fourth-order valence-corrected chi connectivity index (χ4v) is 3.82. The molecule has 1 N–H and O–H groups in total. The smallest absolute Gasteiger partial charge is 0.251 e. The van der Waals surface area contributed by atoms with E-state index in [2.05, 4.69) is 17.4 Å². The summed E-state index contributed by atoms with van der Waals surface area (Å²) in [6.45, 7) is 1.97. The van der Waals surface area contributed by atoms with Crippen LogP contribution in [-0.4, -0.2) is 18.8 Å². The molecule has 0 aliphatic carbocycles. The Bertz CT molecular complexity index is 699. The van der Waals surface area contributed by atoms with Crippen LogP contribution in [0.2, 0.25) is 0 Å². The Kier molecular flexibility index (Phi) is 4.39. The molecule has 0 fully saturated rings.